The van der Waals surface area contributed by atoms with Gasteiger partial charge in [0, 0.05) is 6.61 Å². The van der Waals surface area contributed by atoms with E-state index in [0.717, 1.165) is 12.8 Å². The Kier molecular flexibility index (Phi) is 9.92. The highest BCUT2D eigenvalue weighted by Crippen LogP contribution is 2.06. The van der Waals surface area contributed by atoms with E-state index in [4.69, 9.17) is 5.11 Å². The Labute approximate surface area is 70.8 Å². The molecule has 0 aromatic rings. The van der Waals surface area contributed by atoms with E-state index in [1.807, 2.05) is 0 Å². The van der Waals surface area contributed by atoms with Crippen LogP contribution in [0.2, 0.25) is 0 Å². The highest BCUT2D eigenvalue weighted by atomic mass is 16.2. The molecule has 1 heteroatoms. The van der Waals surface area contributed by atoms with Crippen LogP contribution >= 0.6 is 0 Å². The molecule has 0 fully saturated rings. The first kappa shape index (κ1) is 11.0. The van der Waals surface area contributed by atoms with Gasteiger partial charge in [-0.2, -0.15) is 0 Å². The number of rotatable bonds is 8. The number of hydrogen-bond acceptors (Lipinski definition) is 1. The molecule has 0 aliphatic heterocycles. The van der Waals surface area contributed by atoms with Crippen LogP contribution < -0.4 is 0 Å². The van der Waals surface area contributed by atoms with Crippen molar-refractivity contribution in [1.82, 2.24) is 0 Å². The standard InChI is InChI=1S/C10H21O/c1-2-3-4-5-6-7-8-9-10-11/h6,11H,2-5,7-10H2,1H3. The molecule has 0 heterocycles. The van der Waals surface area contributed by atoms with Crippen molar-refractivity contribution in [3.05, 3.63) is 6.42 Å². The molecule has 1 N–H and O–H groups in total. The summed E-state index contributed by atoms with van der Waals surface area (Å²) in [5.41, 5.74) is 0. The van der Waals surface area contributed by atoms with Crippen molar-refractivity contribution in [2.45, 2.75) is 51.9 Å². The molecule has 0 spiro atoms. The van der Waals surface area contributed by atoms with E-state index in [1.165, 1.54) is 32.1 Å². The van der Waals surface area contributed by atoms with E-state index in [9.17, 15) is 0 Å². The van der Waals surface area contributed by atoms with Crippen LogP contribution in [-0.4, -0.2) is 11.7 Å². The van der Waals surface area contributed by atoms with Gasteiger partial charge in [0.25, 0.3) is 0 Å². The molecule has 0 saturated carbocycles. The third-order valence-electron chi connectivity index (χ3n) is 1.83. The Morgan fingerprint density at radius 1 is 1.00 bits per heavy atom. The molecule has 0 unspecified atom stereocenters. The van der Waals surface area contributed by atoms with Crippen molar-refractivity contribution in [2.24, 2.45) is 0 Å². The third-order valence-corrected chi connectivity index (χ3v) is 1.83. The molecule has 0 amide bonds. The second-order valence-electron chi connectivity index (χ2n) is 3.00. The molecule has 0 atom stereocenters. The van der Waals surface area contributed by atoms with Crippen molar-refractivity contribution in [3.63, 3.8) is 0 Å². The topological polar surface area (TPSA) is 20.2 Å². The summed E-state index contributed by atoms with van der Waals surface area (Å²) in [5.74, 6) is 0. The Morgan fingerprint density at radius 3 is 2.18 bits per heavy atom. The summed E-state index contributed by atoms with van der Waals surface area (Å²) in [6.07, 6.45) is 10.9. The minimum atomic E-state index is 0.350. The fraction of sp³-hybridized carbons (Fsp3) is 0.900. The lowest BCUT2D eigenvalue weighted by Crippen LogP contribution is -1.84. The maximum Gasteiger partial charge on any atom is 0.0431 e. The van der Waals surface area contributed by atoms with Gasteiger partial charge in [-0.3, -0.25) is 0 Å². The Balaban J connectivity index is 2.69. The number of aliphatic hydroxyl groups is 1. The summed E-state index contributed by atoms with van der Waals surface area (Å²) in [6.45, 7) is 2.58. The highest BCUT2D eigenvalue weighted by Gasteiger charge is 1.89. The predicted molar refractivity (Wildman–Crippen MR) is 49.4 cm³/mol. The molecular weight excluding hydrogens is 136 g/mol. The number of unbranched alkanes of at least 4 members (excludes halogenated alkanes) is 7. The Morgan fingerprint density at radius 2 is 1.64 bits per heavy atom. The molecule has 1 radical (unpaired) electrons. The zero-order valence-electron chi connectivity index (χ0n) is 7.68. The van der Waals surface area contributed by atoms with Gasteiger partial charge in [-0.25, -0.2) is 0 Å². The zero-order valence-corrected chi connectivity index (χ0v) is 7.68. The first-order chi connectivity index (χ1) is 5.41. The van der Waals surface area contributed by atoms with Gasteiger partial charge in [-0.15, -0.1) is 0 Å². The lowest BCUT2D eigenvalue weighted by molar-refractivity contribution is 0.284. The van der Waals surface area contributed by atoms with Gasteiger partial charge in [-0.1, -0.05) is 45.4 Å². The molecule has 0 aliphatic rings. The minimum Gasteiger partial charge on any atom is -0.396 e. The normalized spacial score (nSPS) is 10.4. The second-order valence-corrected chi connectivity index (χ2v) is 3.00. The average molecular weight is 157 g/mol. The average Bonchev–Trinajstić information content (AvgIpc) is 2.03. The van der Waals surface area contributed by atoms with Crippen molar-refractivity contribution in [2.75, 3.05) is 6.61 Å². The van der Waals surface area contributed by atoms with E-state index >= 15 is 0 Å². The van der Waals surface area contributed by atoms with Gasteiger partial charge in [0.1, 0.15) is 0 Å². The van der Waals surface area contributed by atoms with Crippen molar-refractivity contribution < 1.29 is 5.11 Å². The van der Waals surface area contributed by atoms with Crippen molar-refractivity contribution in [3.8, 4) is 0 Å². The van der Waals surface area contributed by atoms with Crippen LogP contribution in [0.25, 0.3) is 0 Å². The van der Waals surface area contributed by atoms with Gasteiger partial charge >= 0.3 is 0 Å². The lowest BCUT2D eigenvalue weighted by atomic mass is 10.1. The van der Waals surface area contributed by atoms with E-state index in [0.29, 0.717) is 6.61 Å². The van der Waals surface area contributed by atoms with Crippen LogP contribution in [0.5, 0.6) is 0 Å². The van der Waals surface area contributed by atoms with Gasteiger partial charge in [0.2, 0.25) is 0 Å². The summed E-state index contributed by atoms with van der Waals surface area (Å²) in [5, 5.41) is 8.49. The van der Waals surface area contributed by atoms with Crippen molar-refractivity contribution >= 4 is 0 Å². The molecule has 0 saturated heterocycles. The van der Waals surface area contributed by atoms with Gasteiger partial charge in [-0.05, 0) is 12.8 Å². The molecule has 1 nitrogen and oxygen atoms in total. The van der Waals surface area contributed by atoms with E-state index < -0.39 is 0 Å². The van der Waals surface area contributed by atoms with E-state index in [2.05, 4.69) is 13.3 Å². The summed E-state index contributed by atoms with van der Waals surface area (Å²) in [4.78, 5) is 0. The molecule has 0 aromatic carbocycles. The van der Waals surface area contributed by atoms with Crippen LogP contribution in [0, 0.1) is 6.42 Å². The molecule has 67 valence electrons. The first-order valence-corrected chi connectivity index (χ1v) is 4.84. The zero-order chi connectivity index (χ0) is 8.36. The number of hydrogen-bond donors (Lipinski definition) is 1. The summed E-state index contributed by atoms with van der Waals surface area (Å²) in [7, 11) is 0. The maximum absolute atomic E-state index is 8.49. The molecule has 0 bridgehead atoms. The number of aliphatic hydroxyl groups excluding tert-OH is 1. The van der Waals surface area contributed by atoms with Crippen molar-refractivity contribution in [1.29, 1.82) is 0 Å². The third kappa shape index (κ3) is 9.96. The summed E-state index contributed by atoms with van der Waals surface area (Å²) < 4.78 is 0. The maximum atomic E-state index is 8.49. The molecule has 0 aliphatic carbocycles. The predicted octanol–water partition coefficient (Wildman–Crippen LogP) is 2.93. The molecule has 0 rings (SSSR count). The fourth-order valence-electron chi connectivity index (χ4n) is 1.08. The van der Waals surface area contributed by atoms with Gasteiger partial charge in [0.05, 0.1) is 0 Å². The molecule has 11 heavy (non-hydrogen) atoms. The van der Waals surface area contributed by atoms with Gasteiger partial charge in [0.15, 0.2) is 0 Å². The highest BCUT2D eigenvalue weighted by molar-refractivity contribution is 4.63. The summed E-state index contributed by atoms with van der Waals surface area (Å²) >= 11 is 0. The molecule has 0 aromatic heterocycles. The SMILES string of the molecule is CCCCC[CH]CCCCO. The summed E-state index contributed by atoms with van der Waals surface area (Å²) in [6, 6.07) is 0. The van der Waals surface area contributed by atoms with Crippen LogP contribution in [0.15, 0.2) is 0 Å². The Bertz CT molecular complexity index is 53.9. The van der Waals surface area contributed by atoms with Crippen LogP contribution in [0.3, 0.4) is 0 Å². The quantitative estimate of drug-likeness (QED) is 0.537. The van der Waals surface area contributed by atoms with Crippen LogP contribution in [0.4, 0.5) is 0 Å². The van der Waals surface area contributed by atoms with Gasteiger partial charge < -0.3 is 5.11 Å². The molecular formula is C10H21O. The van der Waals surface area contributed by atoms with Crippen LogP contribution in [0.1, 0.15) is 51.9 Å². The largest absolute Gasteiger partial charge is 0.396 e. The smallest absolute Gasteiger partial charge is 0.0431 e. The van der Waals surface area contributed by atoms with E-state index in [1.54, 1.807) is 0 Å². The fourth-order valence-corrected chi connectivity index (χ4v) is 1.08. The Hall–Kier alpha value is -0.0400. The van der Waals surface area contributed by atoms with E-state index in [-0.39, 0.29) is 0 Å². The second kappa shape index (κ2) is 9.96. The minimum absolute atomic E-state index is 0.350. The lowest BCUT2D eigenvalue weighted by Gasteiger charge is -1.98. The van der Waals surface area contributed by atoms with Crippen LogP contribution in [-0.2, 0) is 0 Å². The first-order valence-electron chi connectivity index (χ1n) is 4.84. The monoisotopic (exact) mass is 157 g/mol.